The molecule has 6 heteroatoms. The Kier molecular flexibility index (Phi) is 4.73. The van der Waals surface area contributed by atoms with E-state index in [2.05, 4.69) is 50.8 Å². The Hall–Kier alpha value is -4.86. The molecule has 0 saturated carbocycles. The molecule has 1 atom stereocenters. The second kappa shape index (κ2) is 8.32. The normalized spacial score (nSPS) is 13.4. The van der Waals surface area contributed by atoms with Crippen LogP contribution in [0.2, 0.25) is 0 Å². The van der Waals surface area contributed by atoms with Crippen molar-refractivity contribution >= 4 is 72.3 Å². The molecule has 0 radical (unpaired) electrons. The first-order valence-corrected chi connectivity index (χ1v) is 14.5. The van der Waals surface area contributed by atoms with Crippen LogP contribution in [0.5, 0.6) is 0 Å². The summed E-state index contributed by atoms with van der Waals surface area (Å²) in [5.74, 6) is 0. The van der Waals surface area contributed by atoms with Gasteiger partial charge in [0.1, 0.15) is 5.65 Å². The van der Waals surface area contributed by atoms with Crippen LogP contribution >= 0.6 is 7.14 Å². The minimum absolute atomic E-state index is 0.725. The van der Waals surface area contributed by atoms with E-state index in [1.54, 1.807) is 18.6 Å². The molecule has 4 heterocycles. The number of pyridine rings is 3. The van der Waals surface area contributed by atoms with Crippen LogP contribution < -0.4 is 15.9 Å². The molecule has 8 aromatic rings. The topological polar surface area (TPSA) is 60.2 Å². The molecule has 8 rings (SSSR count). The summed E-state index contributed by atoms with van der Waals surface area (Å²) in [6.45, 7) is 0. The number of nitrogens with zero attached hydrogens (tertiary/aromatic N) is 4. The van der Waals surface area contributed by atoms with E-state index >= 15 is 4.57 Å². The number of hydrogen-bond acceptors (Lipinski definition) is 4. The third kappa shape index (κ3) is 3.14. The molecule has 4 aromatic carbocycles. The van der Waals surface area contributed by atoms with Crippen molar-refractivity contribution in [1.29, 1.82) is 0 Å². The van der Waals surface area contributed by atoms with Crippen LogP contribution in [-0.4, -0.2) is 19.4 Å². The van der Waals surface area contributed by atoms with Crippen LogP contribution in [0.25, 0.3) is 49.3 Å². The number of para-hydroxylation sites is 3. The van der Waals surface area contributed by atoms with Gasteiger partial charge < -0.3 is 4.57 Å². The van der Waals surface area contributed by atoms with Gasteiger partial charge in [0.15, 0.2) is 7.14 Å². The Morgan fingerprint density at radius 3 is 2.31 bits per heavy atom. The molecular weight excluding hydrogens is 499 g/mol. The second-order valence-electron chi connectivity index (χ2n) is 9.67. The monoisotopic (exact) mass is 520 g/mol. The second-order valence-corrected chi connectivity index (χ2v) is 12.4. The van der Waals surface area contributed by atoms with Gasteiger partial charge in [0, 0.05) is 50.7 Å². The van der Waals surface area contributed by atoms with Crippen LogP contribution in [-0.2, 0) is 4.57 Å². The van der Waals surface area contributed by atoms with E-state index in [1.807, 2.05) is 72.8 Å². The van der Waals surface area contributed by atoms with Crippen molar-refractivity contribution in [3.63, 3.8) is 0 Å². The molecule has 0 aliphatic carbocycles. The van der Waals surface area contributed by atoms with Crippen molar-refractivity contribution in [2.75, 3.05) is 0 Å². The van der Waals surface area contributed by atoms with Gasteiger partial charge >= 0.3 is 0 Å². The fraction of sp³-hybridized carbons (Fsp3) is 0. The number of hydrogen-bond donors (Lipinski definition) is 0. The molecule has 4 aromatic heterocycles. The van der Waals surface area contributed by atoms with Crippen LogP contribution in [0.15, 0.2) is 128 Å². The number of fused-ring (bicyclic) bond motifs is 9. The average Bonchev–Trinajstić information content (AvgIpc) is 3.41. The Labute approximate surface area is 223 Å². The van der Waals surface area contributed by atoms with Crippen molar-refractivity contribution in [3.8, 4) is 0 Å². The average molecular weight is 521 g/mol. The molecule has 5 nitrogen and oxygen atoms in total. The Morgan fingerprint density at radius 2 is 1.41 bits per heavy atom. The number of aromatic nitrogens is 4. The van der Waals surface area contributed by atoms with Crippen molar-refractivity contribution in [3.05, 3.63) is 128 Å². The summed E-state index contributed by atoms with van der Waals surface area (Å²) in [6.07, 6.45) is 5.19. The number of rotatable bonds is 3. The lowest BCUT2D eigenvalue weighted by Gasteiger charge is -2.22. The molecule has 0 amide bonds. The Morgan fingerprint density at radius 1 is 0.615 bits per heavy atom. The van der Waals surface area contributed by atoms with Crippen molar-refractivity contribution in [2.45, 2.75) is 0 Å². The minimum Gasteiger partial charge on any atom is -0.309 e. The number of benzene rings is 4. The summed E-state index contributed by atoms with van der Waals surface area (Å²) in [4.78, 5) is 13.9. The lowest BCUT2D eigenvalue weighted by molar-refractivity contribution is 0.592. The highest BCUT2D eigenvalue weighted by Gasteiger charge is 2.33. The molecular formula is C33H21N4OP. The van der Waals surface area contributed by atoms with Gasteiger partial charge in [-0.2, -0.15) is 0 Å². The third-order valence-corrected chi connectivity index (χ3v) is 10.7. The highest BCUT2D eigenvalue weighted by Crippen LogP contribution is 2.46. The Balaban J connectivity index is 1.59. The number of imidazole rings is 1. The maximum atomic E-state index is 15.8. The van der Waals surface area contributed by atoms with Crippen molar-refractivity contribution in [1.82, 2.24) is 19.4 Å². The lowest BCUT2D eigenvalue weighted by atomic mass is 10.1. The zero-order valence-electron chi connectivity index (χ0n) is 20.8. The van der Waals surface area contributed by atoms with Crippen molar-refractivity contribution in [2.24, 2.45) is 0 Å². The van der Waals surface area contributed by atoms with E-state index in [-0.39, 0.29) is 0 Å². The minimum atomic E-state index is -3.39. The predicted molar refractivity (Wildman–Crippen MR) is 160 cm³/mol. The molecule has 0 aliphatic heterocycles. The first-order valence-electron chi connectivity index (χ1n) is 12.8. The maximum Gasteiger partial charge on any atom is 0.171 e. The molecule has 0 fully saturated rings. The van der Waals surface area contributed by atoms with Gasteiger partial charge in [-0.3, -0.25) is 14.4 Å². The molecule has 0 bridgehead atoms. The standard InChI is InChI=1S/C33H21N4OP/c38-39(23-16-19-34-20-17-23,24-15-14-22-7-6-18-35-28(22)21-24)31-13-5-9-26-25-8-1-3-11-29(25)37-30-12-4-2-10-27(30)36-33(37)32(26)31/h1-21H. The highest BCUT2D eigenvalue weighted by molar-refractivity contribution is 7.85. The summed E-state index contributed by atoms with van der Waals surface area (Å²) < 4.78 is 18.0. The van der Waals surface area contributed by atoms with Gasteiger partial charge in [-0.25, -0.2) is 4.98 Å². The van der Waals surface area contributed by atoms with E-state index in [4.69, 9.17) is 4.98 Å². The first kappa shape index (κ1) is 22.2. The summed E-state index contributed by atoms with van der Waals surface area (Å²) in [5, 5.41) is 6.23. The van der Waals surface area contributed by atoms with E-state index in [0.717, 1.165) is 65.2 Å². The fourth-order valence-corrected chi connectivity index (χ4v) is 8.66. The van der Waals surface area contributed by atoms with E-state index < -0.39 is 7.14 Å². The van der Waals surface area contributed by atoms with Crippen LogP contribution in [0.4, 0.5) is 0 Å². The van der Waals surface area contributed by atoms with Crippen LogP contribution in [0.3, 0.4) is 0 Å². The van der Waals surface area contributed by atoms with Gasteiger partial charge in [-0.1, -0.05) is 66.7 Å². The maximum absolute atomic E-state index is 15.8. The summed E-state index contributed by atoms with van der Waals surface area (Å²) >= 11 is 0. The first-order chi connectivity index (χ1) is 19.2. The SMILES string of the molecule is O=P(c1ccncc1)(c1ccc2cccnc2c1)c1cccc2c3ccccc3n3c4ccccc4nc3c12. The molecule has 0 N–H and O–H groups in total. The van der Waals surface area contributed by atoms with Gasteiger partial charge in [-0.05, 0) is 47.9 Å². The van der Waals surface area contributed by atoms with E-state index in [1.165, 1.54) is 0 Å². The molecule has 184 valence electrons. The van der Waals surface area contributed by atoms with Crippen LogP contribution in [0.1, 0.15) is 0 Å². The lowest BCUT2D eigenvalue weighted by Crippen LogP contribution is -2.26. The molecule has 1 unspecified atom stereocenters. The third-order valence-electron chi connectivity index (χ3n) is 7.58. The quantitative estimate of drug-likeness (QED) is 0.201. The van der Waals surface area contributed by atoms with Crippen LogP contribution in [0, 0.1) is 0 Å². The largest absolute Gasteiger partial charge is 0.309 e. The molecule has 0 aliphatic rings. The van der Waals surface area contributed by atoms with Crippen molar-refractivity contribution < 1.29 is 4.57 Å². The fourth-order valence-electron chi connectivity index (χ4n) is 5.83. The Bertz CT molecular complexity index is 2270. The molecule has 0 spiro atoms. The highest BCUT2D eigenvalue weighted by atomic mass is 31.2. The zero-order chi connectivity index (χ0) is 26.0. The zero-order valence-corrected chi connectivity index (χ0v) is 21.7. The predicted octanol–water partition coefficient (Wildman–Crippen LogP) is 6.38. The van der Waals surface area contributed by atoms with E-state index in [0.29, 0.717) is 0 Å². The molecule has 39 heavy (non-hydrogen) atoms. The van der Waals surface area contributed by atoms with Gasteiger partial charge in [0.2, 0.25) is 0 Å². The smallest absolute Gasteiger partial charge is 0.171 e. The van der Waals surface area contributed by atoms with Gasteiger partial charge in [-0.15, -0.1) is 0 Å². The van der Waals surface area contributed by atoms with E-state index in [9.17, 15) is 0 Å². The summed E-state index contributed by atoms with van der Waals surface area (Å²) in [5.41, 5.74) is 4.60. The summed E-state index contributed by atoms with van der Waals surface area (Å²) in [7, 11) is -3.39. The van der Waals surface area contributed by atoms with Gasteiger partial charge in [0.25, 0.3) is 0 Å². The summed E-state index contributed by atoms with van der Waals surface area (Å²) in [6, 6.07) is 36.3. The van der Waals surface area contributed by atoms with Gasteiger partial charge in [0.05, 0.1) is 22.1 Å². The molecule has 0 saturated heterocycles.